The molecular formula is C12H16N2O2. The van der Waals surface area contributed by atoms with E-state index in [1.165, 1.54) is 12.1 Å². The van der Waals surface area contributed by atoms with Crippen LogP contribution >= 0.6 is 0 Å². The van der Waals surface area contributed by atoms with Crippen LogP contribution in [0.2, 0.25) is 0 Å². The Bertz CT molecular complexity index is 389. The van der Waals surface area contributed by atoms with Crippen molar-refractivity contribution >= 4 is 5.69 Å². The van der Waals surface area contributed by atoms with Gasteiger partial charge in [0, 0.05) is 31.4 Å². The van der Waals surface area contributed by atoms with Crippen molar-refractivity contribution in [1.29, 1.82) is 0 Å². The molecule has 2 heterocycles. The fraction of sp³-hybridized carbons (Fsp3) is 0.500. The largest absolute Gasteiger partial charge is 0.454 e. The summed E-state index contributed by atoms with van der Waals surface area (Å²) in [5.74, 6) is 1.71. The first-order valence-electron chi connectivity index (χ1n) is 5.68. The maximum Gasteiger partial charge on any atom is 0.231 e. The summed E-state index contributed by atoms with van der Waals surface area (Å²) in [5, 5.41) is 3.38. The molecule has 1 N–H and O–H groups in total. The molecule has 86 valence electrons. The Morgan fingerprint density at radius 2 is 2.19 bits per heavy atom. The molecule has 2 aliphatic rings. The lowest BCUT2D eigenvalue weighted by Gasteiger charge is -2.26. The molecule has 1 saturated heterocycles. The molecule has 16 heavy (non-hydrogen) atoms. The summed E-state index contributed by atoms with van der Waals surface area (Å²) in [6, 6.07) is 6.71. The van der Waals surface area contributed by atoms with E-state index < -0.39 is 0 Å². The Morgan fingerprint density at radius 3 is 3.00 bits per heavy atom. The predicted molar refractivity (Wildman–Crippen MR) is 62.2 cm³/mol. The van der Waals surface area contributed by atoms with Gasteiger partial charge in [0.2, 0.25) is 6.79 Å². The molecule has 3 rings (SSSR count). The van der Waals surface area contributed by atoms with Gasteiger partial charge in [0.05, 0.1) is 0 Å². The van der Waals surface area contributed by atoms with Crippen LogP contribution in [0.5, 0.6) is 11.5 Å². The van der Waals surface area contributed by atoms with Crippen LogP contribution in [-0.4, -0.2) is 33.0 Å². The van der Waals surface area contributed by atoms with Crippen molar-refractivity contribution < 1.29 is 9.47 Å². The van der Waals surface area contributed by atoms with E-state index in [9.17, 15) is 0 Å². The third kappa shape index (κ3) is 1.59. The molecule has 4 nitrogen and oxygen atoms in total. The molecule has 0 amide bonds. The summed E-state index contributed by atoms with van der Waals surface area (Å²) >= 11 is 0. The molecule has 1 fully saturated rings. The van der Waals surface area contributed by atoms with E-state index in [1.807, 2.05) is 6.07 Å². The maximum atomic E-state index is 5.39. The molecule has 0 aromatic heterocycles. The van der Waals surface area contributed by atoms with Gasteiger partial charge in [-0.1, -0.05) is 0 Å². The SMILES string of the molecule is CN(c1ccc2c(c1)OCO2)[C@@H]1CCNC1. The first-order chi connectivity index (χ1) is 7.84. The Morgan fingerprint density at radius 1 is 1.31 bits per heavy atom. The van der Waals surface area contributed by atoms with Gasteiger partial charge in [0.25, 0.3) is 0 Å². The summed E-state index contributed by atoms with van der Waals surface area (Å²) in [7, 11) is 2.13. The first-order valence-corrected chi connectivity index (χ1v) is 5.68. The molecule has 0 saturated carbocycles. The lowest BCUT2D eigenvalue weighted by Crippen LogP contribution is -2.33. The van der Waals surface area contributed by atoms with Crippen LogP contribution < -0.4 is 19.7 Å². The van der Waals surface area contributed by atoms with E-state index in [4.69, 9.17) is 9.47 Å². The van der Waals surface area contributed by atoms with Crippen molar-refractivity contribution in [1.82, 2.24) is 5.32 Å². The van der Waals surface area contributed by atoms with Crippen LogP contribution in [0.3, 0.4) is 0 Å². The number of ether oxygens (including phenoxy) is 2. The third-order valence-corrected chi connectivity index (χ3v) is 3.35. The van der Waals surface area contributed by atoms with Gasteiger partial charge in [-0.05, 0) is 25.1 Å². The second-order valence-corrected chi connectivity index (χ2v) is 4.30. The highest BCUT2D eigenvalue weighted by molar-refractivity contribution is 5.57. The van der Waals surface area contributed by atoms with Crippen molar-refractivity contribution in [3.8, 4) is 11.5 Å². The van der Waals surface area contributed by atoms with Crippen molar-refractivity contribution in [3.63, 3.8) is 0 Å². The van der Waals surface area contributed by atoms with Crippen LogP contribution in [0.25, 0.3) is 0 Å². The second kappa shape index (κ2) is 3.87. The van der Waals surface area contributed by atoms with Gasteiger partial charge in [0.1, 0.15) is 0 Å². The van der Waals surface area contributed by atoms with Gasteiger partial charge in [-0.3, -0.25) is 0 Å². The number of benzene rings is 1. The Balaban J connectivity index is 1.83. The summed E-state index contributed by atoms with van der Waals surface area (Å²) in [4.78, 5) is 2.31. The van der Waals surface area contributed by atoms with E-state index in [1.54, 1.807) is 0 Å². The number of rotatable bonds is 2. The minimum Gasteiger partial charge on any atom is -0.454 e. The highest BCUT2D eigenvalue weighted by atomic mass is 16.7. The molecule has 0 spiro atoms. The minimum absolute atomic E-state index is 0.341. The van der Waals surface area contributed by atoms with Crippen LogP contribution in [0.15, 0.2) is 18.2 Å². The molecule has 1 aromatic rings. The number of hydrogen-bond acceptors (Lipinski definition) is 4. The zero-order valence-corrected chi connectivity index (χ0v) is 9.40. The Hall–Kier alpha value is -1.42. The van der Waals surface area contributed by atoms with E-state index in [0.29, 0.717) is 12.8 Å². The van der Waals surface area contributed by atoms with E-state index in [-0.39, 0.29) is 0 Å². The van der Waals surface area contributed by atoms with Gasteiger partial charge >= 0.3 is 0 Å². The Labute approximate surface area is 95.1 Å². The van der Waals surface area contributed by atoms with Crippen LogP contribution in [0, 0.1) is 0 Å². The molecule has 0 aliphatic carbocycles. The highest BCUT2D eigenvalue weighted by Gasteiger charge is 2.21. The zero-order chi connectivity index (χ0) is 11.0. The Kier molecular flexibility index (Phi) is 2.36. The lowest BCUT2D eigenvalue weighted by molar-refractivity contribution is 0.174. The number of hydrogen-bond donors (Lipinski definition) is 1. The van der Waals surface area contributed by atoms with Gasteiger partial charge in [-0.25, -0.2) is 0 Å². The molecule has 2 aliphatic heterocycles. The molecular weight excluding hydrogens is 204 g/mol. The van der Waals surface area contributed by atoms with E-state index in [2.05, 4.69) is 29.4 Å². The normalized spacial score (nSPS) is 22.4. The molecule has 0 bridgehead atoms. The van der Waals surface area contributed by atoms with Crippen molar-refractivity contribution in [2.24, 2.45) is 0 Å². The minimum atomic E-state index is 0.341. The smallest absolute Gasteiger partial charge is 0.231 e. The molecule has 1 aromatic carbocycles. The van der Waals surface area contributed by atoms with E-state index >= 15 is 0 Å². The second-order valence-electron chi connectivity index (χ2n) is 4.30. The number of fused-ring (bicyclic) bond motifs is 1. The zero-order valence-electron chi connectivity index (χ0n) is 9.40. The average Bonchev–Trinajstić information content (AvgIpc) is 2.98. The topological polar surface area (TPSA) is 33.7 Å². The molecule has 4 heteroatoms. The molecule has 0 unspecified atom stereocenters. The van der Waals surface area contributed by atoms with Gasteiger partial charge in [-0.2, -0.15) is 0 Å². The maximum absolute atomic E-state index is 5.39. The van der Waals surface area contributed by atoms with E-state index in [0.717, 1.165) is 24.6 Å². The van der Waals surface area contributed by atoms with Crippen LogP contribution in [0.1, 0.15) is 6.42 Å². The quantitative estimate of drug-likeness (QED) is 0.812. The van der Waals surface area contributed by atoms with Crippen molar-refractivity contribution in [2.45, 2.75) is 12.5 Å². The number of anilines is 1. The van der Waals surface area contributed by atoms with Crippen molar-refractivity contribution in [3.05, 3.63) is 18.2 Å². The van der Waals surface area contributed by atoms with Gasteiger partial charge in [-0.15, -0.1) is 0 Å². The van der Waals surface area contributed by atoms with Crippen molar-refractivity contribution in [2.75, 3.05) is 31.8 Å². The highest BCUT2D eigenvalue weighted by Crippen LogP contribution is 2.35. The predicted octanol–water partition coefficient (Wildman–Crippen LogP) is 1.21. The first kappa shape index (κ1) is 9.78. The summed E-state index contributed by atoms with van der Waals surface area (Å²) in [6.07, 6.45) is 1.20. The van der Waals surface area contributed by atoms with Crippen LogP contribution in [-0.2, 0) is 0 Å². The number of likely N-dealkylation sites (N-methyl/N-ethyl adjacent to an activating group) is 1. The fourth-order valence-electron chi connectivity index (χ4n) is 2.29. The third-order valence-electron chi connectivity index (χ3n) is 3.35. The van der Waals surface area contributed by atoms with Gasteiger partial charge in [0.15, 0.2) is 11.5 Å². The van der Waals surface area contributed by atoms with Crippen LogP contribution in [0.4, 0.5) is 5.69 Å². The fourth-order valence-corrected chi connectivity index (χ4v) is 2.29. The standard InChI is InChI=1S/C12H16N2O2/c1-14(10-4-5-13-7-10)9-2-3-11-12(6-9)16-8-15-11/h2-3,6,10,13H,4-5,7-8H2,1H3/t10-/m1/s1. The monoisotopic (exact) mass is 220 g/mol. The number of nitrogens with one attached hydrogen (secondary N) is 1. The molecule has 0 radical (unpaired) electrons. The summed E-state index contributed by atoms with van der Waals surface area (Å²) in [5.41, 5.74) is 1.19. The molecule has 1 atom stereocenters. The average molecular weight is 220 g/mol. The summed E-state index contributed by atoms with van der Waals surface area (Å²) in [6.45, 7) is 2.51. The lowest BCUT2D eigenvalue weighted by atomic mass is 10.2. The van der Waals surface area contributed by atoms with Gasteiger partial charge < -0.3 is 19.7 Å². The number of nitrogens with zero attached hydrogens (tertiary/aromatic N) is 1. The summed E-state index contributed by atoms with van der Waals surface area (Å²) < 4.78 is 10.7.